The number of amides is 3. The van der Waals surface area contributed by atoms with Crippen LogP contribution in [0.4, 0.5) is 4.39 Å². The van der Waals surface area contributed by atoms with Gasteiger partial charge in [0, 0.05) is 5.56 Å². The molecule has 9 heteroatoms. The zero-order valence-corrected chi connectivity index (χ0v) is 17.0. The monoisotopic (exact) mass is 423 g/mol. The maximum atomic E-state index is 13.8. The molecule has 3 rings (SSSR count). The van der Waals surface area contributed by atoms with E-state index in [2.05, 4.69) is 26.4 Å². The number of halogens is 1. The molecule has 160 valence electrons. The van der Waals surface area contributed by atoms with Gasteiger partial charge in [-0.15, -0.1) is 0 Å². The van der Waals surface area contributed by atoms with Crippen LogP contribution in [0.25, 0.3) is 11.3 Å². The van der Waals surface area contributed by atoms with Gasteiger partial charge in [-0.2, -0.15) is 5.10 Å². The Bertz CT molecular complexity index is 1080. The van der Waals surface area contributed by atoms with Crippen LogP contribution >= 0.6 is 0 Å². The van der Waals surface area contributed by atoms with Gasteiger partial charge >= 0.3 is 0 Å². The topological polar surface area (TPSA) is 116 Å². The second kappa shape index (κ2) is 9.66. The summed E-state index contributed by atoms with van der Waals surface area (Å²) in [6, 6.07) is 15.3. The van der Waals surface area contributed by atoms with E-state index >= 15 is 0 Å². The summed E-state index contributed by atoms with van der Waals surface area (Å²) in [5.41, 5.74) is 5.96. The van der Waals surface area contributed by atoms with Gasteiger partial charge in [-0.25, -0.2) is 4.39 Å². The van der Waals surface area contributed by atoms with Crippen molar-refractivity contribution in [3.63, 3.8) is 0 Å². The van der Waals surface area contributed by atoms with Crippen LogP contribution in [0.2, 0.25) is 0 Å². The van der Waals surface area contributed by atoms with Crippen LogP contribution < -0.4 is 16.2 Å². The molecule has 3 aromatic rings. The Kier molecular flexibility index (Phi) is 6.76. The Labute approximate surface area is 178 Å². The van der Waals surface area contributed by atoms with Gasteiger partial charge in [0.05, 0.1) is 11.3 Å². The average Bonchev–Trinajstić information content (AvgIpc) is 3.26. The van der Waals surface area contributed by atoms with E-state index in [0.717, 1.165) is 11.6 Å². The van der Waals surface area contributed by atoms with Gasteiger partial charge in [-0.05, 0) is 24.1 Å². The van der Waals surface area contributed by atoms with Crippen molar-refractivity contribution in [1.82, 2.24) is 26.4 Å². The normalized spacial score (nSPS) is 11.6. The fourth-order valence-electron chi connectivity index (χ4n) is 2.86. The minimum Gasteiger partial charge on any atom is -0.340 e. The second-order valence-electron chi connectivity index (χ2n) is 7.15. The van der Waals surface area contributed by atoms with E-state index in [1.807, 2.05) is 30.3 Å². The number of aromatic nitrogens is 2. The van der Waals surface area contributed by atoms with Gasteiger partial charge in [-0.3, -0.25) is 30.3 Å². The van der Waals surface area contributed by atoms with E-state index < -0.39 is 29.6 Å². The quantitative estimate of drug-likeness (QED) is 0.456. The fourth-order valence-corrected chi connectivity index (χ4v) is 2.86. The molecule has 31 heavy (non-hydrogen) atoms. The molecule has 0 spiro atoms. The van der Waals surface area contributed by atoms with Gasteiger partial charge < -0.3 is 5.32 Å². The number of hydrogen-bond acceptors (Lipinski definition) is 4. The molecule has 2 aromatic carbocycles. The number of hydrogen-bond donors (Lipinski definition) is 4. The summed E-state index contributed by atoms with van der Waals surface area (Å²) in [5.74, 6) is -2.98. The number of carbonyl (C=O) groups excluding carboxylic acids is 3. The van der Waals surface area contributed by atoms with E-state index in [1.54, 1.807) is 19.9 Å². The van der Waals surface area contributed by atoms with Crippen molar-refractivity contribution in [2.75, 3.05) is 0 Å². The molecule has 0 aliphatic rings. The van der Waals surface area contributed by atoms with Gasteiger partial charge in [-0.1, -0.05) is 56.3 Å². The van der Waals surface area contributed by atoms with Gasteiger partial charge in [0.25, 0.3) is 17.7 Å². The molecular formula is C22H22FN5O3. The second-order valence-corrected chi connectivity index (χ2v) is 7.15. The van der Waals surface area contributed by atoms with Crippen LogP contribution in [0, 0.1) is 11.7 Å². The zero-order chi connectivity index (χ0) is 22.4. The third-order valence-electron chi connectivity index (χ3n) is 4.55. The highest BCUT2D eigenvalue weighted by Gasteiger charge is 2.26. The van der Waals surface area contributed by atoms with E-state index in [0.29, 0.717) is 5.69 Å². The van der Waals surface area contributed by atoms with Crippen molar-refractivity contribution < 1.29 is 18.8 Å². The number of carbonyl (C=O) groups is 3. The SMILES string of the molecule is CC(C)[C@H](NC(=O)c1ccccc1F)C(=O)NNC(=O)c1cc(-c2ccccc2)n[nH]1. The Morgan fingerprint density at radius 3 is 2.29 bits per heavy atom. The predicted octanol–water partition coefficient (Wildman–Crippen LogP) is 2.43. The third-order valence-corrected chi connectivity index (χ3v) is 4.55. The molecule has 0 aliphatic carbocycles. The molecule has 1 heterocycles. The number of rotatable bonds is 6. The minimum atomic E-state index is -0.992. The van der Waals surface area contributed by atoms with Crippen LogP contribution in [0.3, 0.4) is 0 Å². The molecule has 0 radical (unpaired) electrons. The number of hydrazine groups is 1. The Hall–Kier alpha value is -4.01. The van der Waals surface area contributed by atoms with Crippen molar-refractivity contribution >= 4 is 17.7 Å². The molecule has 0 aliphatic heterocycles. The average molecular weight is 423 g/mol. The van der Waals surface area contributed by atoms with Crippen LogP contribution in [-0.2, 0) is 4.79 Å². The van der Waals surface area contributed by atoms with Crippen molar-refractivity contribution in [3.8, 4) is 11.3 Å². The van der Waals surface area contributed by atoms with Gasteiger partial charge in [0.15, 0.2) is 0 Å². The Balaban J connectivity index is 1.61. The van der Waals surface area contributed by atoms with E-state index in [1.165, 1.54) is 18.2 Å². The molecule has 3 amide bonds. The first-order valence-corrected chi connectivity index (χ1v) is 9.63. The van der Waals surface area contributed by atoms with Crippen molar-refractivity contribution in [2.24, 2.45) is 5.92 Å². The Morgan fingerprint density at radius 2 is 1.61 bits per heavy atom. The minimum absolute atomic E-state index is 0.149. The number of nitrogens with one attached hydrogen (secondary N) is 4. The lowest BCUT2D eigenvalue weighted by atomic mass is 10.0. The maximum Gasteiger partial charge on any atom is 0.287 e. The zero-order valence-electron chi connectivity index (χ0n) is 17.0. The fraction of sp³-hybridized carbons (Fsp3) is 0.182. The first-order valence-electron chi connectivity index (χ1n) is 9.63. The van der Waals surface area contributed by atoms with Gasteiger partial charge in [0.2, 0.25) is 0 Å². The summed E-state index contributed by atoms with van der Waals surface area (Å²) < 4.78 is 13.8. The summed E-state index contributed by atoms with van der Waals surface area (Å²) in [5, 5.41) is 9.20. The van der Waals surface area contributed by atoms with Crippen molar-refractivity contribution in [2.45, 2.75) is 19.9 Å². The van der Waals surface area contributed by atoms with Crippen molar-refractivity contribution in [1.29, 1.82) is 0 Å². The van der Waals surface area contributed by atoms with Gasteiger partial charge in [0.1, 0.15) is 17.6 Å². The van der Waals surface area contributed by atoms with Crippen LogP contribution in [0.1, 0.15) is 34.7 Å². The largest absolute Gasteiger partial charge is 0.340 e. The molecule has 4 N–H and O–H groups in total. The molecule has 0 saturated carbocycles. The smallest absolute Gasteiger partial charge is 0.287 e. The van der Waals surface area contributed by atoms with E-state index in [4.69, 9.17) is 0 Å². The molecule has 0 unspecified atom stereocenters. The molecule has 0 bridgehead atoms. The standard InChI is InChI=1S/C22H22FN5O3/c1-13(2)19(24-20(29)15-10-6-7-11-16(15)23)22(31)28-27-21(30)18-12-17(25-26-18)14-8-4-3-5-9-14/h3-13,19H,1-2H3,(H,24,29)(H,25,26)(H,27,30)(H,28,31)/t19-/m0/s1. The third kappa shape index (κ3) is 5.33. The van der Waals surface area contributed by atoms with Crippen molar-refractivity contribution in [3.05, 3.63) is 77.7 Å². The molecule has 8 nitrogen and oxygen atoms in total. The summed E-state index contributed by atoms with van der Waals surface area (Å²) in [7, 11) is 0. The summed E-state index contributed by atoms with van der Waals surface area (Å²) >= 11 is 0. The van der Waals surface area contributed by atoms with E-state index in [9.17, 15) is 18.8 Å². The summed E-state index contributed by atoms with van der Waals surface area (Å²) in [6.45, 7) is 3.43. The lowest BCUT2D eigenvalue weighted by molar-refractivity contribution is -0.124. The predicted molar refractivity (Wildman–Crippen MR) is 112 cm³/mol. The lowest BCUT2D eigenvalue weighted by Crippen LogP contribution is -2.54. The Morgan fingerprint density at radius 1 is 0.935 bits per heavy atom. The lowest BCUT2D eigenvalue weighted by Gasteiger charge is -2.21. The highest BCUT2D eigenvalue weighted by atomic mass is 19.1. The summed E-state index contributed by atoms with van der Waals surface area (Å²) in [4.78, 5) is 37.2. The first kappa shape index (κ1) is 21.7. The van der Waals surface area contributed by atoms with E-state index in [-0.39, 0.29) is 17.2 Å². The number of benzene rings is 2. The molecule has 0 fully saturated rings. The number of H-pyrrole nitrogens is 1. The summed E-state index contributed by atoms with van der Waals surface area (Å²) in [6.07, 6.45) is 0. The molecule has 1 atom stereocenters. The molecule has 1 aromatic heterocycles. The molecular weight excluding hydrogens is 401 g/mol. The highest BCUT2D eigenvalue weighted by Crippen LogP contribution is 2.16. The highest BCUT2D eigenvalue weighted by molar-refractivity contribution is 5.99. The van der Waals surface area contributed by atoms with Crippen LogP contribution in [0.15, 0.2) is 60.7 Å². The molecule has 0 saturated heterocycles. The number of nitrogens with zero attached hydrogens (tertiary/aromatic N) is 1. The number of aromatic amines is 1. The first-order chi connectivity index (χ1) is 14.9. The van der Waals surface area contributed by atoms with Crippen LogP contribution in [-0.4, -0.2) is 34.0 Å². The maximum absolute atomic E-state index is 13.8. The van der Waals surface area contributed by atoms with Crippen LogP contribution in [0.5, 0.6) is 0 Å².